The van der Waals surface area contributed by atoms with Crippen molar-refractivity contribution in [3.8, 4) is 0 Å². The van der Waals surface area contributed by atoms with Crippen molar-refractivity contribution in [1.29, 1.82) is 0 Å². The number of amides is 4. The zero-order valence-electron chi connectivity index (χ0n) is 23.6. The summed E-state index contributed by atoms with van der Waals surface area (Å²) in [4.78, 5) is 69.6. The molecule has 16 N–H and O–H groups in total. The number of hydrogen-bond donors (Lipinski definition) is 11. The van der Waals surface area contributed by atoms with Crippen LogP contribution in [0.1, 0.15) is 52.9 Å². The number of hydrogen-bond acceptors (Lipinski definition) is 9. The molecule has 41 heavy (non-hydrogen) atoms. The van der Waals surface area contributed by atoms with Gasteiger partial charge in [-0.25, -0.2) is 4.79 Å². The predicted octanol–water partition coefficient (Wildman–Crippen LogP) is -4.54. The van der Waals surface area contributed by atoms with Crippen LogP contribution in [0.4, 0.5) is 0 Å². The Balaban J connectivity index is 5.48. The molecule has 4 amide bonds. The Hall–Kier alpha value is -4.19. The highest BCUT2D eigenvalue weighted by Gasteiger charge is 2.30. The lowest BCUT2D eigenvalue weighted by Crippen LogP contribution is -2.58. The predicted molar refractivity (Wildman–Crippen MR) is 151 cm³/mol. The van der Waals surface area contributed by atoms with Crippen molar-refractivity contribution in [2.45, 2.75) is 83.3 Å². The molecular formula is C23H45N11O7. The fraction of sp³-hybridized carbons (Fsp3) is 0.696. The van der Waals surface area contributed by atoms with Crippen LogP contribution in [0.15, 0.2) is 9.98 Å². The maximum atomic E-state index is 13.2. The number of nitrogens with zero attached hydrogens (tertiary/aromatic N) is 2. The van der Waals surface area contributed by atoms with E-state index in [1.54, 1.807) is 13.8 Å². The summed E-state index contributed by atoms with van der Waals surface area (Å²) in [7, 11) is 0. The molecule has 234 valence electrons. The van der Waals surface area contributed by atoms with Gasteiger partial charge in [-0.15, -0.1) is 0 Å². The Bertz CT molecular complexity index is 950. The van der Waals surface area contributed by atoms with Crippen molar-refractivity contribution in [2.75, 3.05) is 13.1 Å². The fourth-order valence-corrected chi connectivity index (χ4v) is 3.38. The van der Waals surface area contributed by atoms with Crippen LogP contribution < -0.4 is 49.9 Å². The first-order valence-electron chi connectivity index (χ1n) is 13.0. The molecule has 0 heterocycles. The lowest BCUT2D eigenvalue weighted by atomic mass is 10.0. The van der Waals surface area contributed by atoms with Crippen LogP contribution in [0.3, 0.4) is 0 Å². The van der Waals surface area contributed by atoms with Crippen LogP contribution in [0.5, 0.6) is 0 Å². The van der Waals surface area contributed by atoms with E-state index >= 15 is 0 Å². The van der Waals surface area contributed by atoms with Gasteiger partial charge in [-0.1, -0.05) is 13.8 Å². The number of aliphatic imine (C=N–C) groups is 2. The summed E-state index contributed by atoms with van der Waals surface area (Å²) in [5, 5.41) is 27.8. The van der Waals surface area contributed by atoms with Crippen molar-refractivity contribution >= 4 is 41.5 Å². The van der Waals surface area contributed by atoms with Crippen molar-refractivity contribution in [2.24, 2.45) is 44.6 Å². The van der Waals surface area contributed by atoms with Gasteiger partial charge in [0, 0.05) is 13.1 Å². The number of carboxylic acid groups (broad SMARTS) is 1. The molecule has 0 radical (unpaired) electrons. The molecule has 0 aromatic carbocycles. The second kappa shape index (κ2) is 19.0. The normalized spacial score (nSPS) is 14.4. The molecule has 0 aliphatic rings. The summed E-state index contributed by atoms with van der Waals surface area (Å²) < 4.78 is 0. The second-order valence-corrected chi connectivity index (χ2v) is 9.74. The number of nitrogens with two attached hydrogens (primary N) is 5. The first-order valence-corrected chi connectivity index (χ1v) is 13.0. The van der Waals surface area contributed by atoms with Crippen LogP contribution in [0.2, 0.25) is 0 Å². The van der Waals surface area contributed by atoms with Gasteiger partial charge in [0.15, 0.2) is 11.9 Å². The number of aliphatic hydroxyl groups excluding tert-OH is 1. The summed E-state index contributed by atoms with van der Waals surface area (Å²) in [5.74, 6) is -5.03. The number of carbonyl (C=O) groups excluding carboxylic acids is 4. The molecule has 0 aromatic rings. The third kappa shape index (κ3) is 16.5. The zero-order chi connectivity index (χ0) is 31.7. The van der Waals surface area contributed by atoms with E-state index in [-0.39, 0.29) is 56.6 Å². The molecule has 18 nitrogen and oxygen atoms in total. The smallest absolute Gasteiger partial charge is 0.353 e. The second-order valence-electron chi connectivity index (χ2n) is 9.74. The highest BCUT2D eigenvalue weighted by atomic mass is 16.4. The van der Waals surface area contributed by atoms with E-state index in [2.05, 4.69) is 25.9 Å². The highest BCUT2D eigenvalue weighted by Crippen LogP contribution is 2.08. The van der Waals surface area contributed by atoms with E-state index < -0.39 is 60.0 Å². The summed E-state index contributed by atoms with van der Waals surface area (Å²) in [5.41, 5.74) is 27.0. The Morgan fingerprint density at radius 1 is 0.707 bits per heavy atom. The largest absolute Gasteiger partial charge is 0.478 e. The number of aliphatic carboxylic acids is 1. The van der Waals surface area contributed by atoms with Crippen molar-refractivity contribution in [1.82, 2.24) is 21.3 Å². The van der Waals surface area contributed by atoms with Crippen LogP contribution in [-0.4, -0.2) is 95.2 Å². The molecule has 0 fully saturated rings. The van der Waals surface area contributed by atoms with Gasteiger partial charge >= 0.3 is 5.97 Å². The number of rotatable bonds is 19. The average Bonchev–Trinajstić information content (AvgIpc) is 2.86. The van der Waals surface area contributed by atoms with Gasteiger partial charge in [-0.2, -0.15) is 0 Å². The van der Waals surface area contributed by atoms with Crippen molar-refractivity contribution in [3.63, 3.8) is 0 Å². The van der Waals surface area contributed by atoms with E-state index in [1.165, 1.54) is 6.92 Å². The Morgan fingerprint density at radius 3 is 1.68 bits per heavy atom. The average molecular weight is 588 g/mol. The Labute approximate surface area is 238 Å². The number of aliphatic hydroxyl groups is 1. The van der Waals surface area contributed by atoms with E-state index in [4.69, 9.17) is 33.8 Å². The zero-order valence-corrected chi connectivity index (χ0v) is 23.6. The van der Waals surface area contributed by atoms with Crippen LogP contribution in [0.25, 0.3) is 0 Å². The summed E-state index contributed by atoms with van der Waals surface area (Å²) >= 11 is 0. The van der Waals surface area contributed by atoms with Gasteiger partial charge in [0.1, 0.15) is 18.1 Å². The molecule has 1 unspecified atom stereocenters. The van der Waals surface area contributed by atoms with Gasteiger partial charge in [0.05, 0.1) is 6.04 Å². The van der Waals surface area contributed by atoms with Crippen molar-refractivity contribution in [3.05, 3.63) is 0 Å². The minimum absolute atomic E-state index is 0.0487. The van der Waals surface area contributed by atoms with Gasteiger partial charge in [-0.3, -0.25) is 29.2 Å². The quantitative estimate of drug-likeness (QED) is 0.0294. The lowest BCUT2D eigenvalue weighted by Gasteiger charge is -2.26. The molecule has 0 rings (SSSR count). The monoisotopic (exact) mass is 587 g/mol. The van der Waals surface area contributed by atoms with E-state index in [0.717, 1.165) is 0 Å². The molecule has 0 saturated heterocycles. The van der Waals surface area contributed by atoms with E-state index in [9.17, 15) is 29.1 Å². The molecule has 5 atom stereocenters. The van der Waals surface area contributed by atoms with Gasteiger partial charge < -0.3 is 60.1 Å². The molecule has 18 heteroatoms. The van der Waals surface area contributed by atoms with Crippen LogP contribution in [-0.2, 0) is 24.0 Å². The van der Waals surface area contributed by atoms with Crippen molar-refractivity contribution < 1.29 is 34.2 Å². The highest BCUT2D eigenvalue weighted by molar-refractivity contribution is 5.95. The maximum absolute atomic E-state index is 13.2. The molecule has 0 aromatic heterocycles. The number of carboxylic acids is 1. The number of guanidine groups is 2. The minimum atomic E-state index is -2.17. The third-order valence-electron chi connectivity index (χ3n) is 5.49. The topological polar surface area (TPSA) is 329 Å². The van der Waals surface area contributed by atoms with E-state index in [0.29, 0.717) is 6.42 Å². The first kappa shape index (κ1) is 36.8. The fourth-order valence-electron chi connectivity index (χ4n) is 3.38. The summed E-state index contributed by atoms with van der Waals surface area (Å²) in [6.45, 7) is 5.36. The molecule has 0 spiro atoms. The summed E-state index contributed by atoms with van der Waals surface area (Å²) in [6, 6.07) is -4.42. The molecule has 0 aliphatic heterocycles. The lowest BCUT2D eigenvalue weighted by molar-refractivity contribution is -0.151. The Morgan fingerprint density at radius 2 is 1.20 bits per heavy atom. The van der Waals surface area contributed by atoms with Gasteiger partial charge in [-0.05, 0) is 44.9 Å². The van der Waals surface area contributed by atoms with Crippen LogP contribution >= 0.6 is 0 Å². The number of carbonyl (C=O) groups is 5. The Kier molecular flexibility index (Phi) is 17.0. The molecule has 0 bridgehead atoms. The van der Waals surface area contributed by atoms with Crippen LogP contribution in [0, 0.1) is 5.92 Å². The van der Waals surface area contributed by atoms with Gasteiger partial charge in [0.25, 0.3) is 0 Å². The number of nitrogens with one attached hydrogen (secondary N) is 4. The molecule has 0 aliphatic carbocycles. The molecule has 0 saturated carbocycles. The first-order chi connectivity index (χ1) is 19.0. The standard InChI is InChI=1S/C23H45N11O7/c1-11(2)10-15(19(38)34-20(39)21(40)41)33-18(37)14(7-5-9-30-23(27)28)32-16(35)12(3)31-17(36)13(24)6-4-8-29-22(25)26/h11-15,20,39H,4-10,24H2,1-3H3,(H,31,36)(H,32,35)(H,33,37)(H,34,38)(H,40,41)(H4,25,26,29)(H4,27,28,30)/t12-,13-,14-,15-,20?/m0/s1. The maximum Gasteiger partial charge on any atom is 0.353 e. The minimum Gasteiger partial charge on any atom is -0.478 e. The third-order valence-corrected chi connectivity index (χ3v) is 5.49. The molecular weight excluding hydrogens is 542 g/mol. The van der Waals surface area contributed by atoms with E-state index in [1.807, 2.05) is 5.32 Å². The van der Waals surface area contributed by atoms with Gasteiger partial charge in [0.2, 0.25) is 29.9 Å². The SMILES string of the molecule is CC(C)C[C@H](NC(=O)[C@H](CCCN=C(N)N)NC(=O)[C@H](C)NC(=O)[C@@H](N)CCCN=C(N)N)C(=O)NC(O)C(=O)O. The summed E-state index contributed by atoms with van der Waals surface area (Å²) in [6.07, 6.45) is -1.08.